The number of ether oxygens (including phenoxy) is 3. The van der Waals surface area contributed by atoms with Crippen LogP contribution in [0.3, 0.4) is 0 Å². The third-order valence-electron chi connectivity index (χ3n) is 5.69. The molecule has 2 amide bonds. The van der Waals surface area contributed by atoms with Crippen molar-refractivity contribution < 1.29 is 37.0 Å². The van der Waals surface area contributed by atoms with Crippen LogP contribution in [0.15, 0.2) is 48.5 Å². The van der Waals surface area contributed by atoms with Crippen LogP contribution in [0.2, 0.25) is 0 Å². The van der Waals surface area contributed by atoms with E-state index >= 15 is 0 Å². The molecule has 0 spiro atoms. The summed E-state index contributed by atoms with van der Waals surface area (Å²) in [6.45, 7) is 3.72. The molecule has 0 saturated carbocycles. The van der Waals surface area contributed by atoms with E-state index in [2.05, 4.69) is 10.1 Å². The molecule has 2 heterocycles. The van der Waals surface area contributed by atoms with Gasteiger partial charge in [0.25, 0.3) is 5.91 Å². The van der Waals surface area contributed by atoms with Crippen LogP contribution in [0.1, 0.15) is 6.92 Å². The standard InChI is InChI=1S/C23H24F3N3O5/c1-15(21(30)27-16-6-8-17(9-7-16)34-23(24,25)26)28-10-12-29(13-11-28)22(31)20-14-32-18-4-2-3-5-19(18)33-20/h2-9,15,20H,10-14H2,1H3,(H,27,30)/t15-,20-/m1/s1. The molecule has 2 aromatic rings. The largest absolute Gasteiger partial charge is 0.573 e. The SMILES string of the molecule is C[C@H](C(=O)Nc1ccc(OC(F)(F)F)cc1)N1CCN(C(=O)[C@H]2COc3ccccc3O2)CC1. The third kappa shape index (κ3) is 5.71. The van der Waals surface area contributed by atoms with Gasteiger partial charge in [0.05, 0.1) is 6.04 Å². The van der Waals surface area contributed by atoms with E-state index in [0.717, 1.165) is 12.1 Å². The van der Waals surface area contributed by atoms with Gasteiger partial charge in [-0.2, -0.15) is 0 Å². The number of halogens is 3. The average molecular weight is 479 g/mol. The van der Waals surface area contributed by atoms with Gasteiger partial charge in [0.2, 0.25) is 12.0 Å². The fraction of sp³-hybridized carbons (Fsp3) is 0.391. The molecule has 2 aromatic carbocycles. The predicted octanol–water partition coefficient (Wildman–Crippen LogP) is 2.90. The van der Waals surface area contributed by atoms with Crippen molar-refractivity contribution in [3.05, 3.63) is 48.5 Å². The topological polar surface area (TPSA) is 80.3 Å². The van der Waals surface area contributed by atoms with Crippen molar-refractivity contribution in [2.75, 3.05) is 38.1 Å². The van der Waals surface area contributed by atoms with Crippen LogP contribution in [0.5, 0.6) is 17.2 Å². The quantitative estimate of drug-likeness (QED) is 0.711. The van der Waals surface area contributed by atoms with Gasteiger partial charge >= 0.3 is 6.36 Å². The van der Waals surface area contributed by atoms with Crippen LogP contribution in [0.4, 0.5) is 18.9 Å². The summed E-state index contributed by atoms with van der Waals surface area (Å²) < 4.78 is 52.1. The van der Waals surface area contributed by atoms with Gasteiger partial charge in [-0.3, -0.25) is 14.5 Å². The molecule has 8 nitrogen and oxygen atoms in total. The van der Waals surface area contributed by atoms with Gasteiger partial charge < -0.3 is 24.4 Å². The molecular formula is C23H24F3N3O5. The monoisotopic (exact) mass is 479 g/mol. The first-order valence-corrected chi connectivity index (χ1v) is 10.8. The first-order chi connectivity index (χ1) is 16.2. The number of fused-ring (bicyclic) bond motifs is 1. The minimum atomic E-state index is -4.77. The molecule has 2 atom stereocenters. The Bertz CT molecular complexity index is 1020. The molecule has 2 aliphatic heterocycles. The van der Waals surface area contributed by atoms with Gasteiger partial charge in [-0.25, -0.2) is 0 Å². The van der Waals surface area contributed by atoms with Crippen molar-refractivity contribution in [3.8, 4) is 17.2 Å². The van der Waals surface area contributed by atoms with Crippen molar-refractivity contribution in [3.63, 3.8) is 0 Å². The van der Waals surface area contributed by atoms with Crippen molar-refractivity contribution in [1.29, 1.82) is 0 Å². The first kappa shape index (κ1) is 23.7. The lowest BCUT2D eigenvalue weighted by atomic mass is 10.2. The lowest BCUT2D eigenvalue weighted by Gasteiger charge is -2.39. The smallest absolute Gasteiger partial charge is 0.485 e. The molecule has 0 unspecified atom stereocenters. The lowest BCUT2D eigenvalue weighted by Crippen LogP contribution is -2.57. The highest BCUT2D eigenvalue weighted by molar-refractivity contribution is 5.94. The Morgan fingerprint density at radius 1 is 1.03 bits per heavy atom. The second-order valence-corrected chi connectivity index (χ2v) is 7.96. The van der Waals surface area contributed by atoms with E-state index in [0.29, 0.717) is 43.4 Å². The van der Waals surface area contributed by atoms with Gasteiger partial charge in [-0.1, -0.05) is 12.1 Å². The van der Waals surface area contributed by atoms with Gasteiger partial charge in [-0.15, -0.1) is 13.2 Å². The molecule has 1 saturated heterocycles. The molecule has 11 heteroatoms. The number of nitrogens with one attached hydrogen (secondary N) is 1. The number of carbonyl (C=O) groups is 2. The maximum atomic E-state index is 12.9. The maximum absolute atomic E-state index is 12.9. The van der Waals surface area contributed by atoms with Gasteiger partial charge in [0.15, 0.2) is 11.5 Å². The molecule has 0 bridgehead atoms. The minimum Gasteiger partial charge on any atom is -0.485 e. The normalized spacial score (nSPS) is 19.3. The van der Waals surface area contributed by atoms with Crippen molar-refractivity contribution in [1.82, 2.24) is 9.80 Å². The van der Waals surface area contributed by atoms with E-state index in [1.54, 1.807) is 24.0 Å². The van der Waals surface area contributed by atoms with Crippen LogP contribution < -0.4 is 19.5 Å². The number of hydrogen-bond acceptors (Lipinski definition) is 6. The predicted molar refractivity (Wildman–Crippen MR) is 116 cm³/mol. The Morgan fingerprint density at radius 3 is 2.32 bits per heavy atom. The number of piperazine rings is 1. The number of nitrogens with zero attached hydrogens (tertiary/aromatic N) is 2. The number of rotatable bonds is 5. The fourth-order valence-corrected chi connectivity index (χ4v) is 3.83. The van der Waals surface area contributed by atoms with E-state index in [1.165, 1.54) is 12.1 Å². The lowest BCUT2D eigenvalue weighted by molar-refractivity contribution is -0.274. The van der Waals surface area contributed by atoms with Crippen molar-refractivity contribution in [2.45, 2.75) is 25.4 Å². The van der Waals surface area contributed by atoms with E-state index in [-0.39, 0.29) is 24.2 Å². The zero-order valence-electron chi connectivity index (χ0n) is 18.4. The average Bonchev–Trinajstić information content (AvgIpc) is 2.83. The molecule has 34 heavy (non-hydrogen) atoms. The highest BCUT2D eigenvalue weighted by atomic mass is 19.4. The van der Waals surface area contributed by atoms with Crippen LogP contribution >= 0.6 is 0 Å². The molecule has 182 valence electrons. The number of amides is 2. The Kier molecular flexibility index (Phi) is 6.82. The van der Waals surface area contributed by atoms with Gasteiger partial charge in [-0.05, 0) is 43.3 Å². The Balaban J connectivity index is 1.26. The number of hydrogen-bond donors (Lipinski definition) is 1. The summed E-state index contributed by atoms with van der Waals surface area (Å²) in [6.07, 6.45) is -5.49. The molecule has 1 fully saturated rings. The van der Waals surface area contributed by atoms with Gasteiger partial charge in [0.1, 0.15) is 12.4 Å². The summed E-state index contributed by atoms with van der Waals surface area (Å²) in [4.78, 5) is 29.1. The summed E-state index contributed by atoms with van der Waals surface area (Å²) in [6, 6.07) is 11.6. The molecule has 0 aliphatic carbocycles. The van der Waals surface area contributed by atoms with E-state index < -0.39 is 18.5 Å². The van der Waals surface area contributed by atoms with Crippen LogP contribution in [-0.4, -0.2) is 72.9 Å². The number of benzene rings is 2. The minimum absolute atomic E-state index is 0.141. The number of para-hydroxylation sites is 2. The van der Waals surface area contributed by atoms with Crippen molar-refractivity contribution >= 4 is 17.5 Å². The highest BCUT2D eigenvalue weighted by Crippen LogP contribution is 2.31. The second-order valence-electron chi connectivity index (χ2n) is 7.96. The van der Waals surface area contributed by atoms with Crippen molar-refractivity contribution in [2.24, 2.45) is 0 Å². The van der Waals surface area contributed by atoms with E-state index in [9.17, 15) is 22.8 Å². The maximum Gasteiger partial charge on any atom is 0.573 e. The highest BCUT2D eigenvalue weighted by Gasteiger charge is 2.34. The Labute approximate surface area is 194 Å². The summed E-state index contributed by atoms with van der Waals surface area (Å²) >= 11 is 0. The first-order valence-electron chi connectivity index (χ1n) is 10.8. The summed E-state index contributed by atoms with van der Waals surface area (Å²) in [5.74, 6) is 0.320. The Morgan fingerprint density at radius 2 is 1.68 bits per heavy atom. The summed E-state index contributed by atoms with van der Waals surface area (Å²) in [7, 11) is 0. The zero-order valence-corrected chi connectivity index (χ0v) is 18.4. The summed E-state index contributed by atoms with van der Waals surface area (Å²) in [5.41, 5.74) is 0.356. The van der Waals surface area contributed by atoms with Crippen LogP contribution in [-0.2, 0) is 9.59 Å². The van der Waals surface area contributed by atoms with Gasteiger partial charge in [0, 0.05) is 31.9 Å². The van der Waals surface area contributed by atoms with E-state index in [4.69, 9.17) is 9.47 Å². The number of carbonyl (C=O) groups excluding carboxylic acids is 2. The molecule has 1 N–H and O–H groups in total. The summed E-state index contributed by atoms with van der Waals surface area (Å²) in [5, 5.41) is 2.69. The van der Waals surface area contributed by atoms with Crippen LogP contribution in [0.25, 0.3) is 0 Å². The Hall–Kier alpha value is -3.47. The molecule has 0 aromatic heterocycles. The number of anilines is 1. The number of alkyl halides is 3. The molecule has 0 radical (unpaired) electrons. The fourth-order valence-electron chi connectivity index (χ4n) is 3.83. The molecule has 2 aliphatic rings. The molecular weight excluding hydrogens is 455 g/mol. The molecule has 4 rings (SSSR count). The third-order valence-corrected chi connectivity index (χ3v) is 5.69. The van der Waals surface area contributed by atoms with Crippen LogP contribution in [0, 0.1) is 0 Å². The van der Waals surface area contributed by atoms with E-state index in [1.807, 2.05) is 17.0 Å². The second kappa shape index (κ2) is 9.80. The zero-order chi connectivity index (χ0) is 24.3.